The molecule has 2 aromatic rings. The van der Waals surface area contributed by atoms with Crippen LogP contribution in [0.25, 0.3) is 0 Å². The number of aryl methyl sites for hydroxylation is 1. The molecule has 0 saturated carbocycles. The largest absolute Gasteiger partial charge is 0.478 e. The smallest absolute Gasteiger partial charge is 0.335 e. The van der Waals surface area contributed by atoms with Gasteiger partial charge in [0, 0.05) is 5.69 Å². The van der Waals surface area contributed by atoms with Crippen LogP contribution in [0.15, 0.2) is 42.5 Å². The number of carboxylic acids is 1. The quantitative estimate of drug-likeness (QED) is 0.837. The molecule has 1 fully saturated rings. The summed E-state index contributed by atoms with van der Waals surface area (Å²) in [6, 6.07) is 10.8. The minimum absolute atomic E-state index is 0.0624. The third-order valence-corrected chi connectivity index (χ3v) is 4.45. The first-order valence-electron chi connectivity index (χ1n) is 7.91. The minimum Gasteiger partial charge on any atom is -0.478 e. The van der Waals surface area contributed by atoms with Crippen molar-refractivity contribution in [3.8, 4) is 0 Å². The summed E-state index contributed by atoms with van der Waals surface area (Å²) in [6.45, 7) is 3.94. The van der Waals surface area contributed by atoms with Crippen molar-refractivity contribution in [3.05, 3.63) is 59.2 Å². The number of nitrogens with one attached hydrogen (secondary N) is 1. The molecule has 1 aliphatic heterocycles. The van der Waals surface area contributed by atoms with Gasteiger partial charge in [-0.3, -0.25) is 9.59 Å². The van der Waals surface area contributed by atoms with E-state index < -0.39 is 12.0 Å². The van der Waals surface area contributed by atoms with Gasteiger partial charge in [-0.05, 0) is 55.3 Å². The lowest BCUT2D eigenvalue weighted by atomic mass is 10.1. The molecule has 0 spiro atoms. The fraction of sp³-hybridized carbons (Fsp3) is 0.211. The third-order valence-electron chi connectivity index (χ3n) is 4.45. The molecular weight excluding hydrogens is 320 g/mol. The van der Waals surface area contributed by atoms with E-state index in [2.05, 4.69) is 5.32 Å². The minimum atomic E-state index is -1.06. The van der Waals surface area contributed by atoms with Crippen LogP contribution in [0, 0.1) is 13.8 Å². The van der Waals surface area contributed by atoms with Crippen molar-refractivity contribution in [3.63, 3.8) is 0 Å². The Morgan fingerprint density at radius 2 is 1.80 bits per heavy atom. The molecule has 0 bridgehead atoms. The highest BCUT2D eigenvalue weighted by Crippen LogP contribution is 2.27. The molecule has 1 atom stereocenters. The molecule has 0 unspecified atom stereocenters. The van der Waals surface area contributed by atoms with E-state index in [1.807, 2.05) is 32.0 Å². The van der Waals surface area contributed by atoms with Crippen molar-refractivity contribution >= 4 is 29.2 Å². The maximum Gasteiger partial charge on any atom is 0.335 e. The van der Waals surface area contributed by atoms with E-state index in [4.69, 9.17) is 5.11 Å². The van der Waals surface area contributed by atoms with Crippen LogP contribution in [0.4, 0.5) is 11.4 Å². The highest BCUT2D eigenvalue weighted by atomic mass is 16.4. The number of benzene rings is 2. The number of rotatable bonds is 4. The molecule has 1 aliphatic rings. The number of carboxylic acid groups (broad SMARTS) is 1. The summed E-state index contributed by atoms with van der Waals surface area (Å²) in [5.74, 6) is -1.70. The average molecular weight is 338 g/mol. The molecule has 6 nitrogen and oxygen atoms in total. The van der Waals surface area contributed by atoms with Crippen molar-refractivity contribution in [1.82, 2.24) is 0 Å². The summed E-state index contributed by atoms with van der Waals surface area (Å²) in [4.78, 5) is 37.0. The van der Waals surface area contributed by atoms with Crippen molar-refractivity contribution < 1.29 is 19.5 Å². The second kappa shape index (κ2) is 6.39. The predicted molar refractivity (Wildman–Crippen MR) is 93.8 cm³/mol. The SMILES string of the molecule is Cc1cccc(N[C@H]2CC(=O)N(c3ccc(C(=O)O)cc3)C2=O)c1C. The summed E-state index contributed by atoms with van der Waals surface area (Å²) >= 11 is 0. The Labute approximate surface area is 145 Å². The molecule has 1 saturated heterocycles. The number of hydrogen-bond acceptors (Lipinski definition) is 4. The average Bonchev–Trinajstić information content (AvgIpc) is 2.86. The lowest BCUT2D eigenvalue weighted by Gasteiger charge is -2.17. The van der Waals surface area contributed by atoms with Gasteiger partial charge in [0.15, 0.2) is 0 Å². The molecule has 6 heteroatoms. The van der Waals surface area contributed by atoms with Gasteiger partial charge in [0.2, 0.25) is 5.91 Å². The molecule has 2 amide bonds. The van der Waals surface area contributed by atoms with Crippen molar-refractivity contribution in [2.24, 2.45) is 0 Å². The molecule has 3 rings (SSSR count). The summed E-state index contributed by atoms with van der Waals surface area (Å²) in [5.41, 5.74) is 3.45. The molecule has 128 valence electrons. The number of carbonyl (C=O) groups excluding carboxylic acids is 2. The van der Waals surface area contributed by atoms with Gasteiger partial charge in [-0.2, -0.15) is 0 Å². The van der Waals surface area contributed by atoms with Gasteiger partial charge < -0.3 is 10.4 Å². The first kappa shape index (κ1) is 16.7. The van der Waals surface area contributed by atoms with E-state index in [1.165, 1.54) is 24.3 Å². The monoisotopic (exact) mass is 338 g/mol. The Balaban J connectivity index is 1.82. The summed E-state index contributed by atoms with van der Waals surface area (Å²) < 4.78 is 0. The molecule has 1 heterocycles. The lowest BCUT2D eigenvalue weighted by molar-refractivity contribution is -0.121. The van der Waals surface area contributed by atoms with Crippen LogP contribution in [0.2, 0.25) is 0 Å². The van der Waals surface area contributed by atoms with Gasteiger partial charge in [0.1, 0.15) is 6.04 Å². The zero-order chi connectivity index (χ0) is 18.1. The molecule has 25 heavy (non-hydrogen) atoms. The van der Waals surface area contributed by atoms with Crippen LogP contribution >= 0.6 is 0 Å². The standard InChI is InChI=1S/C19H18N2O4/c1-11-4-3-5-15(12(11)2)20-16-10-17(22)21(18(16)23)14-8-6-13(7-9-14)19(24)25/h3-9,16,20H,10H2,1-2H3,(H,24,25)/t16-/m0/s1. The Kier molecular flexibility index (Phi) is 4.27. The second-order valence-corrected chi connectivity index (χ2v) is 6.07. The molecule has 0 aliphatic carbocycles. The number of imide groups is 1. The van der Waals surface area contributed by atoms with Gasteiger partial charge in [-0.15, -0.1) is 0 Å². The van der Waals surface area contributed by atoms with Crippen LogP contribution in [0.3, 0.4) is 0 Å². The Bertz CT molecular complexity index is 858. The van der Waals surface area contributed by atoms with E-state index in [0.717, 1.165) is 21.7 Å². The molecule has 0 aromatic heterocycles. The van der Waals surface area contributed by atoms with Crippen LogP contribution in [-0.2, 0) is 9.59 Å². The Hall–Kier alpha value is -3.15. The summed E-state index contributed by atoms with van der Waals surface area (Å²) in [6.07, 6.45) is 0.0624. The molecular formula is C19H18N2O4. The summed E-state index contributed by atoms with van der Waals surface area (Å²) in [7, 11) is 0. The van der Waals surface area contributed by atoms with Crippen LogP contribution in [0.1, 0.15) is 27.9 Å². The van der Waals surface area contributed by atoms with Gasteiger partial charge in [0.25, 0.3) is 5.91 Å². The number of carbonyl (C=O) groups is 3. The number of hydrogen-bond donors (Lipinski definition) is 2. The highest BCUT2D eigenvalue weighted by Gasteiger charge is 2.39. The van der Waals surface area contributed by atoms with Crippen LogP contribution in [0.5, 0.6) is 0 Å². The molecule has 2 N–H and O–H groups in total. The fourth-order valence-corrected chi connectivity index (χ4v) is 2.86. The first-order valence-corrected chi connectivity index (χ1v) is 7.91. The fourth-order valence-electron chi connectivity index (χ4n) is 2.86. The second-order valence-electron chi connectivity index (χ2n) is 6.07. The van der Waals surface area contributed by atoms with Crippen molar-refractivity contribution in [1.29, 1.82) is 0 Å². The van der Waals surface area contributed by atoms with E-state index in [0.29, 0.717) is 5.69 Å². The van der Waals surface area contributed by atoms with Gasteiger partial charge in [0.05, 0.1) is 17.7 Å². The van der Waals surface area contributed by atoms with E-state index in [1.54, 1.807) is 0 Å². The highest BCUT2D eigenvalue weighted by molar-refractivity contribution is 6.23. The number of aromatic carboxylic acids is 1. The molecule has 2 aromatic carbocycles. The maximum absolute atomic E-state index is 12.7. The van der Waals surface area contributed by atoms with Crippen LogP contribution in [-0.4, -0.2) is 28.9 Å². The van der Waals surface area contributed by atoms with Crippen molar-refractivity contribution in [2.45, 2.75) is 26.3 Å². The van der Waals surface area contributed by atoms with E-state index >= 15 is 0 Å². The zero-order valence-electron chi connectivity index (χ0n) is 13.9. The van der Waals surface area contributed by atoms with E-state index in [-0.39, 0.29) is 23.8 Å². The normalized spacial score (nSPS) is 17.0. The number of amides is 2. The van der Waals surface area contributed by atoms with Crippen molar-refractivity contribution in [2.75, 3.05) is 10.2 Å². The van der Waals surface area contributed by atoms with E-state index in [9.17, 15) is 14.4 Å². The topological polar surface area (TPSA) is 86.7 Å². The number of anilines is 2. The van der Waals surface area contributed by atoms with Gasteiger partial charge in [-0.25, -0.2) is 9.69 Å². The Morgan fingerprint density at radius 3 is 2.44 bits per heavy atom. The lowest BCUT2D eigenvalue weighted by Crippen LogP contribution is -2.35. The zero-order valence-corrected chi connectivity index (χ0v) is 13.9. The predicted octanol–water partition coefficient (Wildman–Crippen LogP) is 2.75. The van der Waals surface area contributed by atoms with Gasteiger partial charge in [-0.1, -0.05) is 12.1 Å². The molecule has 0 radical (unpaired) electrons. The van der Waals surface area contributed by atoms with Crippen LogP contribution < -0.4 is 10.2 Å². The first-order chi connectivity index (χ1) is 11.9. The maximum atomic E-state index is 12.7. The Morgan fingerprint density at radius 1 is 1.12 bits per heavy atom. The third kappa shape index (κ3) is 3.10. The summed E-state index contributed by atoms with van der Waals surface area (Å²) in [5, 5.41) is 12.1. The van der Waals surface area contributed by atoms with Gasteiger partial charge >= 0.3 is 5.97 Å². The number of nitrogens with zero attached hydrogens (tertiary/aromatic N) is 1.